The van der Waals surface area contributed by atoms with E-state index in [0.717, 1.165) is 10.0 Å². The third-order valence-electron chi connectivity index (χ3n) is 2.36. The summed E-state index contributed by atoms with van der Waals surface area (Å²) < 4.78 is 27.9. The van der Waals surface area contributed by atoms with E-state index < -0.39 is 10.0 Å². The van der Waals surface area contributed by atoms with E-state index in [4.69, 9.17) is 0 Å². The van der Waals surface area contributed by atoms with Crippen molar-refractivity contribution in [2.24, 2.45) is 15.0 Å². The number of halogens is 1. The first-order valence-electron chi connectivity index (χ1n) is 5.73. The van der Waals surface area contributed by atoms with Crippen molar-refractivity contribution in [2.75, 3.05) is 0 Å². The van der Waals surface area contributed by atoms with E-state index in [-0.39, 0.29) is 10.3 Å². The average Bonchev–Trinajstić information content (AvgIpc) is 2.28. The molecule has 0 spiro atoms. The maximum absolute atomic E-state index is 11.9. The molecule has 0 atom stereocenters. The molecule has 0 saturated heterocycles. The zero-order valence-corrected chi connectivity index (χ0v) is 13.8. The Bertz CT molecular complexity index is 597. The summed E-state index contributed by atoms with van der Waals surface area (Å²) in [4.78, 5) is 0.141. The Balaban J connectivity index is 2.95. The van der Waals surface area contributed by atoms with Crippen LogP contribution in [0.4, 0.5) is 0 Å². The van der Waals surface area contributed by atoms with Gasteiger partial charge in [-0.05, 0) is 24.5 Å². The second-order valence-electron chi connectivity index (χ2n) is 5.21. The molecule has 1 aromatic rings. The molecule has 0 aliphatic heterocycles. The number of benzene rings is 1. The van der Waals surface area contributed by atoms with Crippen LogP contribution >= 0.6 is 15.9 Å². The fraction of sp³-hybridized carbons (Fsp3) is 0.385. The van der Waals surface area contributed by atoms with Gasteiger partial charge in [0.25, 0.3) is 10.0 Å². The van der Waals surface area contributed by atoms with Gasteiger partial charge >= 0.3 is 0 Å². The molecule has 0 fully saturated rings. The third kappa shape index (κ3) is 4.87. The van der Waals surface area contributed by atoms with Gasteiger partial charge in [-0.3, -0.25) is 0 Å². The predicted molar refractivity (Wildman–Crippen MR) is 79.7 cm³/mol. The minimum absolute atomic E-state index is 0.132. The standard InChI is InChI=1S/C13H17BrN2O2S/c1-10-5-7-11(8-6-10)19(17,18)16-15-9-12(14)13(2,3)4/h5-9H,1-4H3/b12-9-,16-15?. The lowest BCUT2D eigenvalue weighted by molar-refractivity contribution is 0.534. The molecule has 6 heteroatoms. The van der Waals surface area contributed by atoms with E-state index in [1.807, 2.05) is 27.7 Å². The van der Waals surface area contributed by atoms with Crippen LogP contribution in [0.1, 0.15) is 26.3 Å². The summed E-state index contributed by atoms with van der Waals surface area (Å²) in [5.74, 6) is 0. The second kappa shape index (κ2) is 5.96. The molecule has 1 aromatic carbocycles. The Labute approximate surface area is 122 Å². The zero-order valence-electron chi connectivity index (χ0n) is 11.4. The summed E-state index contributed by atoms with van der Waals surface area (Å²) in [5, 5.41) is 3.64. The molecule has 19 heavy (non-hydrogen) atoms. The highest BCUT2D eigenvalue weighted by Crippen LogP contribution is 2.30. The maximum Gasteiger partial charge on any atom is 0.299 e. The monoisotopic (exact) mass is 344 g/mol. The number of aryl methyl sites for hydroxylation is 1. The topological polar surface area (TPSA) is 58.9 Å². The molecule has 0 heterocycles. The Hall–Kier alpha value is -1.01. The van der Waals surface area contributed by atoms with Crippen LogP contribution in [-0.2, 0) is 10.0 Å². The van der Waals surface area contributed by atoms with Crippen molar-refractivity contribution >= 4 is 26.0 Å². The molecule has 0 bridgehead atoms. The van der Waals surface area contributed by atoms with E-state index in [9.17, 15) is 8.42 Å². The SMILES string of the molecule is Cc1ccc(S(=O)(=O)N=N/C=C(\Br)C(C)(C)C)cc1. The van der Waals surface area contributed by atoms with Crippen LogP contribution in [0.3, 0.4) is 0 Å². The van der Waals surface area contributed by atoms with Gasteiger partial charge in [-0.2, -0.15) is 8.42 Å². The van der Waals surface area contributed by atoms with E-state index in [1.165, 1.54) is 18.3 Å². The molecule has 0 aromatic heterocycles. The van der Waals surface area contributed by atoms with Gasteiger partial charge in [0.1, 0.15) is 0 Å². The van der Waals surface area contributed by atoms with Gasteiger partial charge < -0.3 is 0 Å². The summed E-state index contributed by atoms with van der Waals surface area (Å²) >= 11 is 3.34. The van der Waals surface area contributed by atoms with Gasteiger partial charge in [0.15, 0.2) is 0 Å². The highest BCUT2D eigenvalue weighted by molar-refractivity contribution is 9.11. The Morgan fingerprint density at radius 1 is 1.21 bits per heavy atom. The van der Waals surface area contributed by atoms with E-state index in [1.54, 1.807) is 12.1 Å². The van der Waals surface area contributed by atoms with E-state index in [0.29, 0.717) is 0 Å². The summed E-state index contributed by atoms with van der Waals surface area (Å²) in [6.07, 6.45) is 1.41. The van der Waals surface area contributed by atoms with Gasteiger partial charge in [-0.1, -0.05) is 58.9 Å². The zero-order chi connectivity index (χ0) is 14.7. The Morgan fingerprint density at radius 2 is 1.74 bits per heavy atom. The lowest BCUT2D eigenvalue weighted by Crippen LogP contribution is -2.03. The van der Waals surface area contributed by atoms with Gasteiger partial charge in [-0.25, -0.2) is 0 Å². The largest absolute Gasteiger partial charge is 0.299 e. The first kappa shape index (κ1) is 16.0. The number of rotatable bonds is 3. The van der Waals surface area contributed by atoms with E-state index in [2.05, 4.69) is 25.6 Å². The van der Waals surface area contributed by atoms with Crippen LogP contribution in [0.2, 0.25) is 0 Å². The lowest BCUT2D eigenvalue weighted by atomic mass is 9.97. The molecule has 0 saturated carbocycles. The van der Waals surface area contributed by atoms with Crippen LogP contribution in [0.25, 0.3) is 0 Å². The van der Waals surface area contributed by atoms with Crippen molar-refractivity contribution < 1.29 is 8.42 Å². The molecular weight excluding hydrogens is 328 g/mol. The quantitative estimate of drug-likeness (QED) is 0.762. The van der Waals surface area contributed by atoms with Crippen molar-refractivity contribution in [1.82, 2.24) is 0 Å². The van der Waals surface area contributed by atoms with Crippen LogP contribution < -0.4 is 0 Å². The lowest BCUT2D eigenvalue weighted by Gasteiger charge is -2.15. The summed E-state index contributed by atoms with van der Waals surface area (Å²) in [7, 11) is -3.73. The number of hydrogen-bond donors (Lipinski definition) is 0. The molecule has 4 nitrogen and oxygen atoms in total. The average molecular weight is 345 g/mol. The molecule has 0 amide bonds. The summed E-state index contributed by atoms with van der Waals surface area (Å²) in [6, 6.07) is 6.49. The van der Waals surface area contributed by atoms with Crippen molar-refractivity contribution in [3.05, 3.63) is 40.5 Å². The van der Waals surface area contributed by atoms with Gasteiger partial charge in [0.05, 0.1) is 11.1 Å². The Kier molecular flexibility index (Phi) is 5.04. The van der Waals surface area contributed by atoms with Gasteiger partial charge in [0, 0.05) is 4.48 Å². The molecule has 1 rings (SSSR count). The molecule has 0 N–H and O–H groups in total. The third-order valence-corrected chi connectivity index (χ3v) is 4.93. The number of sulfonamides is 1. The number of hydrogen-bond acceptors (Lipinski definition) is 3. The van der Waals surface area contributed by atoms with Crippen molar-refractivity contribution in [3.63, 3.8) is 0 Å². The molecular formula is C13H17BrN2O2S. The fourth-order valence-electron chi connectivity index (χ4n) is 1.09. The summed E-state index contributed by atoms with van der Waals surface area (Å²) in [5.41, 5.74) is 0.860. The van der Waals surface area contributed by atoms with Crippen LogP contribution in [0.5, 0.6) is 0 Å². The molecule has 0 aliphatic rings. The smallest absolute Gasteiger partial charge is 0.198 e. The first-order valence-corrected chi connectivity index (χ1v) is 7.96. The van der Waals surface area contributed by atoms with Crippen LogP contribution in [0, 0.1) is 12.3 Å². The van der Waals surface area contributed by atoms with Crippen LogP contribution in [-0.4, -0.2) is 8.42 Å². The first-order chi connectivity index (χ1) is 8.63. The van der Waals surface area contributed by atoms with E-state index >= 15 is 0 Å². The second-order valence-corrected chi connectivity index (χ2v) is 7.65. The van der Waals surface area contributed by atoms with Crippen molar-refractivity contribution in [1.29, 1.82) is 0 Å². The van der Waals surface area contributed by atoms with Crippen LogP contribution in [0.15, 0.2) is 49.5 Å². The molecule has 104 valence electrons. The minimum atomic E-state index is -3.73. The molecule has 0 radical (unpaired) electrons. The van der Waals surface area contributed by atoms with Crippen molar-refractivity contribution in [2.45, 2.75) is 32.6 Å². The molecule has 0 unspecified atom stereocenters. The normalized spacial score (nSPS) is 14.1. The predicted octanol–water partition coefficient (Wildman–Crippen LogP) is 4.42. The minimum Gasteiger partial charge on any atom is -0.198 e. The number of nitrogens with zero attached hydrogens (tertiary/aromatic N) is 2. The van der Waals surface area contributed by atoms with Gasteiger partial charge in [0.2, 0.25) is 0 Å². The fourth-order valence-corrected chi connectivity index (χ4v) is 1.92. The maximum atomic E-state index is 11.9. The van der Waals surface area contributed by atoms with Crippen molar-refractivity contribution in [3.8, 4) is 0 Å². The highest BCUT2D eigenvalue weighted by atomic mass is 79.9. The highest BCUT2D eigenvalue weighted by Gasteiger charge is 2.15. The summed E-state index contributed by atoms with van der Waals surface area (Å²) in [6.45, 7) is 7.84. The molecule has 0 aliphatic carbocycles. The van der Waals surface area contributed by atoms with Gasteiger partial charge in [-0.15, -0.1) is 5.11 Å². The number of allylic oxidation sites excluding steroid dienone is 1. The Morgan fingerprint density at radius 3 is 2.21 bits per heavy atom.